The number of H-pyrrole nitrogens is 1. The second-order valence-electron chi connectivity index (χ2n) is 4.43. The van der Waals surface area contributed by atoms with Gasteiger partial charge in [0.25, 0.3) is 0 Å². The molecule has 0 fully saturated rings. The number of nitrogens with one attached hydrogen (secondary N) is 1. The highest BCUT2D eigenvalue weighted by Crippen LogP contribution is 2.23. The van der Waals surface area contributed by atoms with Crippen molar-refractivity contribution in [2.24, 2.45) is 0 Å². The Morgan fingerprint density at radius 1 is 1.21 bits per heavy atom. The van der Waals surface area contributed by atoms with Crippen LogP contribution in [0.5, 0.6) is 0 Å². The molecule has 0 atom stereocenters. The van der Waals surface area contributed by atoms with E-state index in [1.807, 2.05) is 25.4 Å². The van der Waals surface area contributed by atoms with Gasteiger partial charge in [0.15, 0.2) is 5.65 Å². The normalized spacial score (nSPS) is 11.4. The molecule has 0 unspecified atom stereocenters. The monoisotopic (exact) mass is 250 g/mol. The highest BCUT2D eigenvalue weighted by Gasteiger charge is 2.11. The fraction of sp³-hybridized carbons (Fsp3) is 0.0769. The van der Waals surface area contributed by atoms with Gasteiger partial charge in [-0.2, -0.15) is 5.10 Å². The topological polar surface area (TPSA) is 71.8 Å². The van der Waals surface area contributed by atoms with Gasteiger partial charge in [0.1, 0.15) is 5.82 Å². The Morgan fingerprint density at radius 2 is 2.16 bits per heavy atom. The van der Waals surface area contributed by atoms with Crippen molar-refractivity contribution in [2.75, 3.05) is 0 Å². The van der Waals surface area contributed by atoms with Gasteiger partial charge in [-0.1, -0.05) is 0 Å². The van der Waals surface area contributed by atoms with Gasteiger partial charge in [-0.25, -0.2) is 14.5 Å². The van der Waals surface area contributed by atoms with Crippen LogP contribution in [0.1, 0.15) is 5.56 Å². The molecule has 0 spiro atoms. The number of hydrogen-bond donors (Lipinski definition) is 1. The Bertz CT molecular complexity index is 888. The maximum atomic E-state index is 4.50. The molecule has 92 valence electrons. The van der Waals surface area contributed by atoms with E-state index >= 15 is 0 Å². The van der Waals surface area contributed by atoms with E-state index in [1.54, 1.807) is 23.1 Å². The van der Waals surface area contributed by atoms with Crippen LogP contribution in [-0.2, 0) is 0 Å². The molecule has 0 saturated heterocycles. The van der Waals surface area contributed by atoms with E-state index in [4.69, 9.17) is 0 Å². The van der Waals surface area contributed by atoms with Crippen LogP contribution < -0.4 is 0 Å². The van der Waals surface area contributed by atoms with E-state index < -0.39 is 0 Å². The Morgan fingerprint density at radius 3 is 3.11 bits per heavy atom. The Kier molecular flexibility index (Phi) is 1.94. The molecule has 4 aromatic rings. The Hall–Kier alpha value is -2.76. The zero-order chi connectivity index (χ0) is 12.8. The molecule has 0 bridgehead atoms. The molecule has 4 heterocycles. The fourth-order valence-electron chi connectivity index (χ4n) is 2.15. The number of rotatable bonds is 1. The number of imidazole rings is 1. The quantitative estimate of drug-likeness (QED) is 0.560. The summed E-state index contributed by atoms with van der Waals surface area (Å²) in [6.07, 6.45) is 8.87. The summed E-state index contributed by atoms with van der Waals surface area (Å²) in [5.74, 6) is 0.760. The molecule has 0 saturated carbocycles. The van der Waals surface area contributed by atoms with Crippen molar-refractivity contribution in [2.45, 2.75) is 6.92 Å². The third kappa shape index (κ3) is 1.50. The largest absolute Gasteiger partial charge is 0.336 e. The van der Waals surface area contributed by atoms with Gasteiger partial charge in [-0.15, -0.1) is 0 Å². The van der Waals surface area contributed by atoms with E-state index in [-0.39, 0.29) is 0 Å². The molecular formula is C13H10N6. The number of aromatic nitrogens is 6. The van der Waals surface area contributed by atoms with Crippen molar-refractivity contribution in [3.8, 4) is 11.4 Å². The summed E-state index contributed by atoms with van der Waals surface area (Å²) in [5, 5.41) is 4.28. The second-order valence-corrected chi connectivity index (χ2v) is 4.43. The average molecular weight is 250 g/mol. The maximum Gasteiger partial charge on any atom is 0.178 e. The Labute approximate surface area is 108 Å². The smallest absolute Gasteiger partial charge is 0.178 e. The Balaban J connectivity index is 1.99. The van der Waals surface area contributed by atoms with Crippen molar-refractivity contribution in [3.05, 3.63) is 42.6 Å². The van der Waals surface area contributed by atoms with E-state index in [9.17, 15) is 0 Å². The lowest BCUT2D eigenvalue weighted by Crippen LogP contribution is -1.86. The molecule has 1 N–H and O–H groups in total. The van der Waals surface area contributed by atoms with Crippen LogP contribution in [0, 0.1) is 6.92 Å². The van der Waals surface area contributed by atoms with E-state index in [0.717, 1.165) is 28.0 Å². The van der Waals surface area contributed by atoms with Crippen molar-refractivity contribution in [1.82, 2.24) is 29.5 Å². The van der Waals surface area contributed by atoms with Crippen molar-refractivity contribution in [3.63, 3.8) is 0 Å². The summed E-state index contributed by atoms with van der Waals surface area (Å²) in [6.45, 7) is 2.01. The van der Waals surface area contributed by atoms with Crippen LogP contribution in [0.15, 0.2) is 37.1 Å². The molecule has 0 radical (unpaired) electrons. The van der Waals surface area contributed by atoms with Gasteiger partial charge in [-0.3, -0.25) is 4.98 Å². The molecule has 6 nitrogen and oxygen atoms in total. The minimum Gasteiger partial charge on any atom is -0.336 e. The molecule has 4 aromatic heterocycles. The SMILES string of the molecule is Cc1cnc2nc(-c3cnn4ccncc34)[nH]c2c1. The van der Waals surface area contributed by atoms with Crippen LogP contribution in [0.25, 0.3) is 28.1 Å². The van der Waals surface area contributed by atoms with Gasteiger partial charge >= 0.3 is 0 Å². The van der Waals surface area contributed by atoms with Gasteiger partial charge in [-0.05, 0) is 18.6 Å². The summed E-state index contributed by atoms with van der Waals surface area (Å²) in [6, 6.07) is 2.03. The highest BCUT2D eigenvalue weighted by molar-refractivity contribution is 5.81. The van der Waals surface area contributed by atoms with Gasteiger partial charge in [0, 0.05) is 18.6 Å². The maximum absolute atomic E-state index is 4.50. The number of hydrogen-bond acceptors (Lipinski definition) is 4. The first-order valence-corrected chi connectivity index (χ1v) is 5.91. The fourth-order valence-corrected chi connectivity index (χ4v) is 2.15. The first kappa shape index (κ1) is 10.2. The first-order valence-electron chi connectivity index (χ1n) is 5.91. The predicted molar refractivity (Wildman–Crippen MR) is 70.6 cm³/mol. The molecule has 0 aliphatic rings. The standard InChI is InChI=1S/C13H10N6/c1-8-4-10-13(15-5-8)18-12(17-10)9-6-16-19-3-2-14-7-11(9)19/h2-7H,1H3,(H,15,17,18). The number of aromatic amines is 1. The molecule has 0 amide bonds. The van der Waals surface area contributed by atoms with E-state index in [1.165, 1.54) is 0 Å². The second kappa shape index (κ2) is 3.61. The molecule has 0 aliphatic carbocycles. The number of fused-ring (bicyclic) bond motifs is 2. The van der Waals surface area contributed by atoms with Gasteiger partial charge < -0.3 is 4.98 Å². The van der Waals surface area contributed by atoms with Crippen LogP contribution in [0.4, 0.5) is 0 Å². The minimum absolute atomic E-state index is 0.712. The van der Waals surface area contributed by atoms with Crippen molar-refractivity contribution < 1.29 is 0 Å². The van der Waals surface area contributed by atoms with Gasteiger partial charge in [0.2, 0.25) is 0 Å². The third-order valence-electron chi connectivity index (χ3n) is 3.05. The molecule has 6 heteroatoms. The summed E-state index contributed by atoms with van der Waals surface area (Å²) < 4.78 is 1.77. The lowest BCUT2D eigenvalue weighted by atomic mass is 10.3. The molecule has 0 aromatic carbocycles. The lowest BCUT2D eigenvalue weighted by molar-refractivity contribution is 0.946. The van der Waals surface area contributed by atoms with Gasteiger partial charge in [0.05, 0.1) is 29.0 Å². The predicted octanol–water partition coefficient (Wildman–Crippen LogP) is 1.98. The van der Waals surface area contributed by atoms with Crippen LogP contribution >= 0.6 is 0 Å². The minimum atomic E-state index is 0.712. The van der Waals surface area contributed by atoms with Crippen LogP contribution in [0.2, 0.25) is 0 Å². The lowest BCUT2D eigenvalue weighted by Gasteiger charge is -1.93. The summed E-state index contributed by atoms with van der Waals surface area (Å²) in [4.78, 5) is 16.2. The van der Waals surface area contributed by atoms with Crippen LogP contribution in [0.3, 0.4) is 0 Å². The zero-order valence-corrected chi connectivity index (χ0v) is 10.2. The van der Waals surface area contributed by atoms with Crippen LogP contribution in [-0.4, -0.2) is 29.5 Å². The average Bonchev–Trinajstić information content (AvgIpc) is 3.00. The molecule has 0 aliphatic heterocycles. The van der Waals surface area contributed by atoms with E-state index in [0.29, 0.717) is 5.65 Å². The number of aryl methyl sites for hydroxylation is 1. The molecule has 4 rings (SSSR count). The molecule has 19 heavy (non-hydrogen) atoms. The summed E-state index contributed by atoms with van der Waals surface area (Å²) in [5.41, 5.74) is 4.58. The van der Waals surface area contributed by atoms with Crippen molar-refractivity contribution in [1.29, 1.82) is 0 Å². The highest BCUT2D eigenvalue weighted by atomic mass is 15.2. The summed E-state index contributed by atoms with van der Waals surface area (Å²) in [7, 11) is 0. The molecular weight excluding hydrogens is 240 g/mol. The summed E-state index contributed by atoms with van der Waals surface area (Å²) >= 11 is 0. The zero-order valence-electron chi connectivity index (χ0n) is 10.2. The van der Waals surface area contributed by atoms with E-state index in [2.05, 4.69) is 25.0 Å². The number of pyridine rings is 1. The third-order valence-corrected chi connectivity index (χ3v) is 3.05. The first-order chi connectivity index (χ1) is 9.31. The van der Waals surface area contributed by atoms with Crippen molar-refractivity contribution >= 4 is 16.7 Å². The number of nitrogens with zero attached hydrogens (tertiary/aromatic N) is 5.